The Morgan fingerprint density at radius 2 is 2.12 bits per heavy atom. The zero-order chi connectivity index (χ0) is 11.4. The number of aliphatic hydroxyl groups excluding tert-OH is 1. The van der Waals surface area contributed by atoms with E-state index in [1.165, 1.54) is 0 Å². The van der Waals surface area contributed by atoms with Gasteiger partial charge in [-0.15, -0.1) is 0 Å². The summed E-state index contributed by atoms with van der Waals surface area (Å²) in [5.41, 5.74) is 5.56. The molecule has 0 spiro atoms. The van der Waals surface area contributed by atoms with Crippen LogP contribution in [-0.2, 0) is 0 Å². The van der Waals surface area contributed by atoms with Gasteiger partial charge in [0.05, 0.1) is 6.10 Å². The van der Waals surface area contributed by atoms with E-state index in [1.807, 2.05) is 0 Å². The van der Waals surface area contributed by atoms with Crippen molar-refractivity contribution in [3.63, 3.8) is 0 Å². The first-order chi connectivity index (χ1) is 7.74. The largest absolute Gasteiger partial charge is 0.393 e. The van der Waals surface area contributed by atoms with E-state index >= 15 is 0 Å². The van der Waals surface area contributed by atoms with Crippen molar-refractivity contribution in [1.29, 1.82) is 0 Å². The van der Waals surface area contributed by atoms with Gasteiger partial charge in [0.15, 0.2) is 0 Å². The third-order valence-electron chi connectivity index (χ3n) is 3.04. The van der Waals surface area contributed by atoms with E-state index in [-0.39, 0.29) is 6.10 Å². The van der Waals surface area contributed by atoms with Crippen LogP contribution in [0, 0.1) is 5.92 Å². The Balaban J connectivity index is 1.79. The van der Waals surface area contributed by atoms with Gasteiger partial charge in [0.1, 0.15) is 5.82 Å². The Bertz CT molecular complexity index is 337. The Labute approximate surface area is 95.1 Å². The van der Waals surface area contributed by atoms with Crippen LogP contribution in [-0.4, -0.2) is 27.7 Å². The van der Waals surface area contributed by atoms with Crippen LogP contribution >= 0.6 is 0 Å². The summed E-state index contributed by atoms with van der Waals surface area (Å²) in [5.74, 6) is 1.68. The van der Waals surface area contributed by atoms with Crippen molar-refractivity contribution in [2.24, 2.45) is 5.92 Å². The fourth-order valence-corrected chi connectivity index (χ4v) is 2.04. The summed E-state index contributed by atoms with van der Waals surface area (Å²) in [6.45, 7) is 0.857. The van der Waals surface area contributed by atoms with Crippen LogP contribution < -0.4 is 11.1 Å². The molecule has 0 aliphatic heterocycles. The molecule has 5 heteroatoms. The van der Waals surface area contributed by atoms with Crippen molar-refractivity contribution in [3.05, 3.63) is 12.3 Å². The van der Waals surface area contributed by atoms with Crippen molar-refractivity contribution in [3.8, 4) is 0 Å². The van der Waals surface area contributed by atoms with Gasteiger partial charge in [-0.3, -0.25) is 0 Å². The van der Waals surface area contributed by atoms with Gasteiger partial charge in [-0.1, -0.05) is 0 Å². The van der Waals surface area contributed by atoms with E-state index in [0.29, 0.717) is 17.7 Å². The van der Waals surface area contributed by atoms with E-state index in [0.717, 1.165) is 32.2 Å². The molecule has 5 nitrogen and oxygen atoms in total. The van der Waals surface area contributed by atoms with Crippen molar-refractivity contribution < 1.29 is 5.11 Å². The number of nitrogens with two attached hydrogens (primary N) is 1. The van der Waals surface area contributed by atoms with E-state index < -0.39 is 0 Å². The molecule has 0 radical (unpaired) electrons. The Morgan fingerprint density at radius 1 is 1.38 bits per heavy atom. The van der Waals surface area contributed by atoms with Gasteiger partial charge in [-0.05, 0) is 37.7 Å². The van der Waals surface area contributed by atoms with Crippen LogP contribution in [0.25, 0.3) is 0 Å². The van der Waals surface area contributed by atoms with Crippen LogP contribution in [0.3, 0.4) is 0 Å². The molecule has 0 amide bonds. The Morgan fingerprint density at radius 3 is 2.81 bits per heavy atom. The van der Waals surface area contributed by atoms with E-state index in [2.05, 4.69) is 15.3 Å². The number of nitrogens with one attached hydrogen (secondary N) is 1. The Hall–Kier alpha value is -1.36. The first-order valence-electron chi connectivity index (χ1n) is 5.74. The zero-order valence-electron chi connectivity index (χ0n) is 9.26. The molecule has 1 aromatic rings. The minimum absolute atomic E-state index is 0.0973. The molecular formula is C11H18N4O. The summed E-state index contributed by atoms with van der Waals surface area (Å²) >= 11 is 0. The summed E-state index contributed by atoms with van der Waals surface area (Å²) in [7, 11) is 0. The molecule has 1 aliphatic rings. The number of nitrogen functional groups attached to an aromatic ring is 1. The van der Waals surface area contributed by atoms with Gasteiger partial charge in [-0.25, -0.2) is 4.98 Å². The fourth-order valence-electron chi connectivity index (χ4n) is 2.04. The number of aromatic nitrogens is 2. The molecule has 0 saturated heterocycles. The summed E-state index contributed by atoms with van der Waals surface area (Å²) in [6, 6.07) is 1.67. The van der Waals surface area contributed by atoms with Gasteiger partial charge >= 0.3 is 0 Å². The average molecular weight is 222 g/mol. The SMILES string of the molecule is Nc1ccnc(NCC2CCC(O)CC2)n1. The standard InChI is InChI=1S/C11H18N4O/c12-10-5-6-13-11(15-10)14-7-8-1-3-9(16)4-2-8/h5-6,8-9,16H,1-4,7H2,(H3,12,13,14,15). The second-order valence-electron chi connectivity index (χ2n) is 4.36. The number of nitrogens with zero attached hydrogens (tertiary/aromatic N) is 2. The minimum atomic E-state index is -0.0973. The molecule has 4 N–H and O–H groups in total. The summed E-state index contributed by atoms with van der Waals surface area (Å²) < 4.78 is 0. The van der Waals surface area contributed by atoms with Gasteiger partial charge < -0.3 is 16.2 Å². The topological polar surface area (TPSA) is 84.1 Å². The van der Waals surface area contributed by atoms with Gasteiger partial charge in [0.25, 0.3) is 0 Å². The van der Waals surface area contributed by atoms with Crippen LogP contribution in [0.4, 0.5) is 11.8 Å². The number of rotatable bonds is 3. The first kappa shape index (κ1) is 11.1. The molecule has 88 valence electrons. The molecule has 1 saturated carbocycles. The average Bonchev–Trinajstić information content (AvgIpc) is 2.28. The smallest absolute Gasteiger partial charge is 0.224 e. The fraction of sp³-hybridized carbons (Fsp3) is 0.636. The van der Waals surface area contributed by atoms with E-state index in [1.54, 1.807) is 12.3 Å². The summed E-state index contributed by atoms with van der Waals surface area (Å²) in [4.78, 5) is 8.17. The number of aliphatic hydroxyl groups is 1. The highest BCUT2D eigenvalue weighted by molar-refractivity contribution is 5.34. The third-order valence-corrected chi connectivity index (χ3v) is 3.04. The summed E-state index contributed by atoms with van der Waals surface area (Å²) in [6.07, 6.45) is 5.50. The predicted octanol–water partition coefficient (Wildman–Crippen LogP) is 1.02. The lowest BCUT2D eigenvalue weighted by atomic mass is 9.87. The van der Waals surface area contributed by atoms with Crippen molar-refractivity contribution in [1.82, 2.24) is 9.97 Å². The van der Waals surface area contributed by atoms with Gasteiger partial charge in [0.2, 0.25) is 5.95 Å². The highest BCUT2D eigenvalue weighted by atomic mass is 16.3. The highest BCUT2D eigenvalue weighted by Gasteiger charge is 2.19. The molecule has 16 heavy (non-hydrogen) atoms. The van der Waals surface area contributed by atoms with E-state index in [9.17, 15) is 5.11 Å². The molecule has 0 atom stereocenters. The first-order valence-corrected chi connectivity index (χ1v) is 5.74. The van der Waals surface area contributed by atoms with Gasteiger partial charge in [0, 0.05) is 12.7 Å². The molecule has 1 heterocycles. The quantitative estimate of drug-likeness (QED) is 0.711. The lowest BCUT2D eigenvalue weighted by molar-refractivity contribution is 0.111. The molecule has 1 fully saturated rings. The van der Waals surface area contributed by atoms with E-state index in [4.69, 9.17) is 5.73 Å². The number of anilines is 2. The normalized spacial score (nSPS) is 25.3. The molecule has 0 unspecified atom stereocenters. The van der Waals surface area contributed by atoms with Crippen LogP contribution in [0.15, 0.2) is 12.3 Å². The van der Waals surface area contributed by atoms with Crippen LogP contribution in [0.2, 0.25) is 0 Å². The predicted molar refractivity (Wildman–Crippen MR) is 62.9 cm³/mol. The maximum Gasteiger partial charge on any atom is 0.224 e. The van der Waals surface area contributed by atoms with Crippen molar-refractivity contribution >= 4 is 11.8 Å². The number of hydrogen-bond acceptors (Lipinski definition) is 5. The number of hydrogen-bond donors (Lipinski definition) is 3. The second-order valence-corrected chi connectivity index (χ2v) is 4.36. The van der Waals surface area contributed by atoms with Crippen LogP contribution in [0.5, 0.6) is 0 Å². The lowest BCUT2D eigenvalue weighted by Gasteiger charge is -2.25. The molecule has 0 aromatic carbocycles. The highest BCUT2D eigenvalue weighted by Crippen LogP contribution is 2.24. The lowest BCUT2D eigenvalue weighted by Crippen LogP contribution is -2.24. The monoisotopic (exact) mass is 222 g/mol. The third kappa shape index (κ3) is 3.06. The van der Waals surface area contributed by atoms with Crippen molar-refractivity contribution in [2.75, 3.05) is 17.6 Å². The Kier molecular flexibility index (Phi) is 3.56. The zero-order valence-corrected chi connectivity index (χ0v) is 9.26. The maximum atomic E-state index is 9.39. The molecule has 1 aliphatic carbocycles. The summed E-state index contributed by atoms with van der Waals surface area (Å²) in [5, 5.41) is 12.6. The molecular weight excluding hydrogens is 204 g/mol. The maximum absolute atomic E-state index is 9.39. The second kappa shape index (κ2) is 5.12. The molecule has 2 rings (SSSR count). The van der Waals surface area contributed by atoms with Crippen LogP contribution in [0.1, 0.15) is 25.7 Å². The van der Waals surface area contributed by atoms with Crippen molar-refractivity contribution in [2.45, 2.75) is 31.8 Å². The van der Waals surface area contributed by atoms with Gasteiger partial charge in [-0.2, -0.15) is 4.98 Å². The molecule has 0 bridgehead atoms. The molecule has 1 aromatic heterocycles. The minimum Gasteiger partial charge on any atom is -0.393 e.